The molecule has 1 aromatic carbocycles. The Morgan fingerprint density at radius 1 is 1.23 bits per heavy atom. The van der Waals surface area contributed by atoms with E-state index in [-0.39, 0.29) is 10.1 Å². The number of piperidine rings is 1. The van der Waals surface area contributed by atoms with Gasteiger partial charge in [-0.25, -0.2) is 8.42 Å². The number of aryl methyl sites for hydroxylation is 2. The summed E-state index contributed by atoms with van der Waals surface area (Å²) in [5, 5.41) is 2.91. The molecule has 2 aromatic rings. The van der Waals surface area contributed by atoms with Crippen LogP contribution in [-0.2, 0) is 14.8 Å². The molecule has 0 aliphatic carbocycles. The Labute approximate surface area is 163 Å². The van der Waals surface area contributed by atoms with Gasteiger partial charge in [0, 0.05) is 12.2 Å². The molecule has 1 saturated heterocycles. The summed E-state index contributed by atoms with van der Waals surface area (Å²) >= 11 is 6.91. The van der Waals surface area contributed by atoms with Gasteiger partial charge in [-0.2, -0.15) is 4.31 Å². The highest BCUT2D eigenvalue weighted by Crippen LogP contribution is 2.32. The first kappa shape index (κ1) is 19.4. The Kier molecular flexibility index (Phi) is 5.72. The van der Waals surface area contributed by atoms with Gasteiger partial charge in [-0.15, -0.1) is 11.3 Å². The van der Waals surface area contributed by atoms with Crippen molar-refractivity contribution in [3.8, 4) is 0 Å². The normalized spacial score (nSPS) is 18.7. The summed E-state index contributed by atoms with van der Waals surface area (Å²) in [6, 6.07) is 8.16. The maximum absolute atomic E-state index is 13.0. The van der Waals surface area contributed by atoms with Crippen LogP contribution >= 0.6 is 22.9 Å². The molecule has 0 unspecified atom stereocenters. The number of amides is 1. The minimum atomic E-state index is -3.74. The number of sulfonamides is 1. The second kappa shape index (κ2) is 7.68. The van der Waals surface area contributed by atoms with Gasteiger partial charge in [-0.05, 0) is 56.0 Å². The minimum Gasteiger partial charge on any atom is -0.324 e. The fourth-order valence-electron chi connectivity index (χ4n) is 3.09. The molecule has 1 fully saturated rings. The van der Waals surface area contributed by atoms with Crippen LogP contribution in [0, 0.1) is 13.8 Å². The molecule has 1 atom stereocenters. The number of anilines is 1. The van der Waals surface area contributed by atoms with E-state index in [4.69, 9.17) is 11.6 Å². The lowest BCUT2D eigenvalue weighted by atomic mass is 10.0. The lowest BCUT2D eigenvalue weighted by molar-refractivity contribution is -0.120. The van der Waals surface area contributed by atoms with Crippen LogP contribution in [-0.4, -0.2) is 31.2 Å². The molecule has 0 radical (unpaired) electrons. The summed E-state index contributed by atoms with van der Waals surface area (Å²) in [5.41, 5.74) is 2.70. The molecular weight excluding hydrogens is 392 g/mol. The van der Waals surface area contributed by atoms with E-state index in [2.05, 4.69) is 5.32 Å². The van der Waals surface area contributed by atoms with Crippen molar-refractivity contribution < 1.29 is 13.2 Å². The summed E-state index contributed by atoms with van der Waals surface area (Å²) in [7, 11) is -3.74. The van der Waals surface area contributed by atoms with E-state index in [9.17, 15) is 13.2 Å². The van der Waals surface area contributed by atoms with Crippen molar-refractivity contribution in [1.82, 2.24) is 4.31 Å². The molecule has 1 aromatic heterocycles. The number of nitrogens with zero attached hydrogens (tertiary/aromatic N) is 1. The number of carbonyl (C=O) groups excluding carboxylic acids is 1. The molecule has 8 heteroatoms. The van der Waals surface area contributed by atoms with Crippen molar-refractivity contribution in [2.75, 3.05) is 11.9 Å². The molecule has 0 saturated carbocycles. The maximum Gasteiger partial charge on any atom is 0.253 e. The molecule has 2 heterocycles. The maximum atomic E-state index is 13.0. The lowest BCUT2D eigenvalue weighted by Gasteiger charge is -2.33. The van der Waals surface area contributed by atoms with Crippen molar-refractivity contribution in [3.05, 3.63) is 45.8 Å². The van der Waals surface area contributed by atoms with Crippen molar-refractivity contribution >= 4 is 44.6 Å². The summed E-state index contributed by atoms with van der Waals surface area (Å²) < 4.78 is 27.9. The van der Waals surface area contributed by atoms with Crippen LogP contribution in [0.25, 0.3) is 0 Å². The summed E-state index contributed by atoms with van der Waals surface area (Å²) in [6.45, 7) is 4.20. The lowest BCUT2D eigenvalue weighted by Crippen LogP contribution is -2.49. The van der Waals surface area contributed by atoms with E-state index in [1.165, 1.54) is 10.4 Å². The van der Waals surface area contributed by atoms with Gasteiger partial charge in [0.05, 0.1) is 4.34 Å². The van der Waals surface area contributed by atoms with Crippen molar-refractivity contribution in [1.29, 1.82) is 0 Å². The van der Waals surface area contributed by atoms with Crippen molar-refractivity contribution in [3.63, 3.8) is 0 Å². The predicted octanol–water partition coefficient (Wildman–Crippen LogP) is 4.20. The van der Waals surface area contributed by atoms with Crippen LogP contribution in [0.1, 0.15) is 30.4 Å². The molecular formula is C18H21ClN2O3S2. The highest BCUT2D eigenvalue weighted by atomic mass is 35.5. The molecule has 5 nitrogen and oxygen atoms in total. The fourth-order valence-corrected chi connectivity index (χ4v) is 6.36. The highest BCUT2D eigenvalue weighted by molar-refractivity contribution is 7.91. The topological polar surface area (TPSA) is 66.5 Å². The summed E-state index contributed by atoms with van der Waals surface area (Å²) in [5.74, 6) is -0.287. The number of benzene rings is 1. The van der Waals surface area contributed by atoms with Gasteiger partial charge < -0.3 is 5.32 Å². The number of halogens is 1. The van der Waals surface area contributed by atoms with Gasteiger partial charge in [0.2, 0.25) is 5.91 Å². The average molecular weight is 413 g/mol. The highest BCUT2D eigenvalue weighted by Gasteiger charge is 2.38. The van der Waals surface area contributed by atoms with Gasteiger partial charge in [-0.1, -0.05) is 30.2 Å². The van der Waals surface area contributed by atoms with Gasteiger partial charge >= 0.3 is 0 Å². The van der Waals surface area contributed by atoms with Crippen LogP contribution in [0.5, 0.6) is 0 Å². The first-order chi connectivity index (χ1) is 12.3. The summed E-state index contributed by atoms with van der Waals surface area (Å²) in [4.78, 5) is 12.9. The van der Waals surface area contributed by atoms with Crippen LogP contribution in [0.4, 0.5) is 5.69 Å². The van der Waals surface area contributed by atoms with Gasteiger partial charge in [0.1, 0.15) is 10.3 Å². The molecule has 140 valence electrons. The van der Waals surface area contributed by atoms with E-state index in [1.807, 2.05) is 32.0 Å². The Bertz CT molecular complexity index is 924. The van der Waals surface area contributed by atoms with Crippen LogP contribution in [0.15, 0.2) is 34.5 Å². The molecule has 0 bridgehead atoms. The first-order valence-electron chi connectivity index (χ1n) is 8.44. The number of thiophene rings is 1. The fraction of sp³-hybridized carbons (Fsp3) is 0.389. The van der Waals surface area contributed by atoms with E-state index in [0.717, 1.165) is 41.0 Å². The standard InChI is InChI=1S/C18H21ClN2O3S2/c1-12-6-7-13(2)14(11-12)20-18(22)15-5-3-4-10-21(15)26(23,24)17-9-8-16(19)25-17/h6-9,11,15H,3-5,10H2,1-2H3,(H,20,22)/t15-/m0/s1. The van der Waals surface area contributed by atoms with E-state index >= 15 is 0 Å². The van der Waals surface area contributed by atoms with Crippen LogP contribution < -0.4 is 5.32 Å². The Morgan fingerprint density at radius 2 is 2.00 bits per heavy atom. The number of hydrogen-bond donors (Lipinski definition) is 1. The SMILES string of the molecule is Cc1ccc(C)c(NC(=O)[C@@H]2CCCCN2S(=O)(=O)c2ccc(Cl)s2)c1. The number of nitrogens with one attached hydrogen (secondary N) is 1. The van der Waals surface area contributed by atoms with Crippen LogP contribution in [0.3, 0.4) is 0 Å². The van der Waals surface area contributed by atoms with Crippen molar-refractivity contribution in [2.24, 2.45) is 0 Å². The molecule has 0 spiro atoms. The molecule has 1 aliphatic heterocycles. The molecule has 26 heavy (non-hydrogen) atoms. The third kappa shape index (κ3) is 3.96. The zero-order chi connectivity index (χ0) is 18.9. The third-order valence-corrected chi connectivity index (χ3v) is 8.13. The number of carbonyl (C=O) groups is 1. The largest absolute Gasteiger partial charge is 0.324 e. The monoisotopic (exact) mass is 412 g/mol. The predicted molar refractivity (Wildman–Crippen MR) is 105 cm³/mol. The van der Waals surface area contributed by atoms with Gasteiger partial charge in [-0.3, -0.25) is 4.79 Å². The first-order valence-corrected chi connectivity index (χ1v) is 11.1. The smallest absolute Gasteiger partial charge is 0.253 e. The second-order valence-electron chi connectivity index (χ2n) is 6.49. The Hall–Kier alpha value is -1.41. The zero-order valence-corrected chi connectivity index (χ0v) is 17.0. The molecule has 3 rings (SSSR count). The quantitative estimate of drug-likeness (QED) is 0.818. The minimum absolute atomic E-state index is 0.175. The molecule has 1 amide bonds. The Morgan fingerprint density at radius 3 is 2.69 bits per heavy atom. The van der Waals surface area contributed by atoms with Gasteiger partial charge in [0.25, 0.3) is 10.0 Å². The second-order valence-corrected chi connectivity index (χ2v) is 10.3. The van der Waals surface area contributed by atoms with Gasteiger partial charge in [0.15, 0.2) is 0 Å². The van der Waals surface area contributed by atoms with E-state index < -0.39 is 16.1 Å². The summed E-state index contributed by atoms with van der Waals surface area (Å²) in [6.07, 6.45) is 2.07. The van der Waals surface area contributed by atoms with E-state index in [1.54, 1.807) is 6.07 Å². The molecule has 1 aliphatic rings. The third-order valence-electron chi connectivity index (χ3n) is 4.52. The van der Waals surface area contributed by atoms with Crippen LogP contribution in [0.2, 0.25) is 4.34 Å². The Balaban J connectivity index is 1.87. The van der Waals surface area contributed by atoms with E-state index in [0.29, 0.717) is 17.3 Å². The average Bonchev–Trinajstić information content (AvgIpc) is 3.05. The zero-order valence-electron chi connectivity index (χ0n) is 14.7. The van der Waals surface area contributed by atoms with Crippen molar-refractivity contribution in [2.45, 2.75) is 43.4 Å². The molecule has 1 N–H and O–H groups in total. The number of hydrogen-bond acceptors (Lipinski definition) is 4. The number of rotatable bonds is 4.